The average molecular weight is 867 g/mol. The Labute approximate surface area is 381 Å². The number of aliphatic carboxylic acids is 2. The molecular formula is C55H110O6. The summed E-state index contributed by atoms with van der Waals surface area (Å²) in [6, 6.07) is 0. The third-order valence-electron chi connectivity index (χ3n) is 13.3. The number of carboxylic acid groups (broad SMARTS) is 2. The maximum Gasteiger partial charge on any atom is 0.306 e. The van der Waals surface area contributed by atoms with Gasteiger partial charge in [0.1, 0.15) is 0 Å². The van der Waals surface area contributed by atoms with Crippen LogP contribution in [0.5, 0.6) is 0 Å². The molecule has 0 aromatic heterocycles. The van der Waals surface area contributed by atoms with Gasteiger partial charge in [-0.15, -0.1) is 0 Å². The van der Waals surface area contributed by atoms with E-state index in [2.05, 4.69) is 20.8 Å². The number of aliphatic hydroxyl groups is 2. The van der Waals surface area contributed by atoms with Crippen molar-refractivity contribution in [1.82, 2.24) is 0 Å². The molecule has 0 saturated heterocycles. The molecule has 4 N–H and O–H groups in total. The van der Waals surface area contributed by atoms with E-state index in [1.165, 1.54) is 250 Å². The van der Waals surface area contributed by atoms with E-state index in [0.29, 0.717) is 12.8 Å². The second-order valence-corrected chi connectivity index (χ2v) is 19.3. The van der Waals surface area contributed by atoms with E-state index >= 15 is 0 Å². The number of unbranched alkanes of at least 4 members (excludes halogenated alkanes) is 37. The molecule has 0 aromatic rings. The first-order valence-electron chi connectivity index (χ1n) is 27.6. The summed E-state index contributed by atoms with van der Waals surface area (Å²) in [5, 5.41) is 36.1. The fraction of sp³-hybridized carbons (Fsp3) is 0.964. The highest BCUT2D eigenvalue weighted by atomic mass is 16.4. The van der Waals surface area contributed by atoms with E-state index in [1.54, 1.807) is 0 Å². The van der Waals surface area contributed by atoms with Crippen molar-refractivity contribution in [3.05, 3.63) is 0 Å². The Morgan fingerprint density at radius 2 is 0.639 bits per heavy atom. The van der Waals surface area contributed by atoms with E-state index in [4.69, 9.17) is 10.2 Å². The first kappa shape index (κ1) is 61.9. The molecule has 6 nitrogen and oxygen atoms in total. The molecule has 0 aromatic carbocycles. The van der Waals surface area contributed by atoms with E-state index < -0.39 is 24.0 Å². The molecule has 0 spiro atoms. The Kier molecular flexibility index (Phi) is 54.0. The van der Waals surface area contributed by atoms with Crippen molar-refractivity contribution in [2.24, 2.45) is 11.8 Å². The van der Waals surface area contributed by atoms with Crippen molar-refractivity contribution in [3.8, 4) is 0 Å². The van der Waals surface area contributed by atoms with Crippen LogP contribution in [0.3, 0.4) is 0 Å². The summed E-state index contributed by atoms with van der Waals surface area (Å²) < 4.78 is 0. The Balaban J connectivity index is 0. The second-order valence-electron chi connectivity index (χ2n) is 19.3. The molecule has 0 saturated carbocycles. The van der Waals surface area contributed by atoms with Crippen LogP contribution in [0, 0.1) is 11.8 Å². The predicted octanol–water partition coefficient (Wildman–Crippen LogP) is 17.7. The van der Waals surface area contributed by atoms with Crippen molar-refractivity contribution < 1.29 is 30.0 Å². The molecule has 0 fully saturated rings. The standard InChI is InChI=1S/C43H86O4.C12H24O2/c1-3-5-6-7-8-9-10-11-12-14-17-20-23-26-29-32-35-40(4-2)36-33-30-27-24-21-18-15-13-16-19-22-25-28-31-34-37-41(43(46)47)38-42(45)39-44;1-2-3-4-5-6-7-8-9-10-11-12(13)14/h40-42,44-45H,3-39H2,1-2H3,(H,46,47);2-11H2,1H3,(H,13,14). The minimum absolute atomic E-state index is 0.158. The van der Waals surface area contributed by atoms with Crippen molar-refractivity contribution in [3.63, 3.8) is 0 Å². The summed E-state index contributed by atoms with van der Waals surface area (Å²) in [5.74, 6) is -1.07. The molecular weight excluding hydrogens is 757 g/mol. The van der Waals surface area contributed by atoms with Crippen LogP contribution in [0.4, 0.5) is 0 Å². The van der Waals surface area contributed by atoms with Crippen LogP contribution in [0.25, 0.3) is 0 Å². The minimum Gasteiger partial charge on any atom is -0.481 e. The zero-order valence-corrected chi connectivity index (χ0v) is 41.6. The van der Waals surface area contributed by atoms with Crippen LogP contribution < -0.4 is 0 Å². The van der Waals surface area contributed by atoms with Gasteiger partial charge in [0.2, 0.25) is 0 Å². The van der Waals surface area contributed by atoms with Gasteiger partial charge in [-0.1, -0.05) is 290 Å². The molecule has 0 bridgehead atoms. The summed E-state index contributed by atoms with van der Waals surface area (Å²) in [5.41, 5.74) is 0. The van der Waals surface area contributed by atoms with E-state index in [1.807, 2.05) is 0 Å². The molecule has 3 unspecified atom stereocenters. The summed E-state index contributed by atoms with van der Waals surface area (Å²) in [4.78, 5) is 21.5. The number of aliphatic hydroxyl groups excluding tert-OH is 2. The largest absolute Gasteiger partial charge is 0.481 e. The van der Waals surface area contributed by atoms with Crippen LogP contribution in [-0.2, 0) is 9.59 Å². The first-order chi connectivity index (χ1) is 29.8. The van der Waals surface area contributed by atoms with Gasteiger partial charge >= 0.3 is 11.9 Å². The summed E-state index contributed by atoms with van der Waals surface area (Å²) in [6.45, 7) is 6.58. The van der Waals surface area contributed by atoms with Crippen molar-refractivity contribution >= 4 is 11.9 Å². The minimum atomic E-state index is -0.914. The molecule has 0 heterocycles. The molecule has 0 rings (SSSR count). The lowest BCUT2D eigenvalue weighted by atomic mass is 9.92. The average Bonchev–Trinajstić information content (AvgIpc) is 3.25. The maximum atomic E-state index is 11.3. The first-order valence-corrected chi connectivity index (χ1v) is 27.6. The highest BCUT2D eigenvalue weighted by Crippen LogP contribution is 2.23. The lowest BCUT2D eigenvalue weighted by Crippen LogP contribution is -2.23. The number of hydrogen-bond donors (Lipinski definition) is 4. The van der Waals surface area contributed by atoms with E-state index in [0.717, 1.165) is 31.6 Å². The maximum absolute atomic E-state index is 11.3. The van der Waals surface area contributed by atoms with Crippen LogP contribution in [-0.4, -0.2) is 45.1 Å². The fourth-order valence-electron chi connectivity index (χ4n) is 8.99. The number of hydrogen-bond acceptors (Lipinski definition) is 4. The summed E-state index contributed by atoms with van der Waals surface area (Å²) in [6.07, 6.45) is 58.7. The van der Waals surface area contributed by atoms with Gasteiger partial charge in [-0.25, -0.2) is 0 Å². The zero-order valence-electron chi connectivity index (χ0n) is 41.6. The molecule has 3 atom stereocenters. The Hall–Kier alpha value is -1.14. The van der Waals surface area contributed by atoms with Crippen LogP contribution in [0.1, 0.15) is 316 Å². The Bertz CT molecular complexity index is 848. The SMILES string of the molecule is CCCCCCCCCCCC(=O)O.CCCCCCCCCCCCCCCCCCC(CC)CCCCCCCCCCCCCCCCCC(CC(O)CO)C(=O)O. The van der Waals surface area contributed by atoms with Crippen molar-refractivity contribution in [2.45, 2.75) is 322 Å². The molecule has 0 aliphatic heterocycles. The molecule has 0 amide bonds. The van der Waals surface area contributed by atoms with Gasteiger partial charge in [0.05, 0.1) is 18.6 Å². The zero-order chi connectivity index (χ0) is 45.1. The van der Waals surface area contributed by atoms with Gasteiger partial charge in [0.25, 0.3) is 0 Å². The van der Waals surface area contributed by atoms with Gasteiger partial charge < -0.3 is 20.4 Å². The normalized spacial score (nSPS) is 12.9. The van der Waals surface area contributed by atoms with E-state index in [9.17, 15) is 19.8 Å². The Morgan fingerprint density at radius 3 is 0.885 bits per heavy atom. The van der Waals surface area contributed by atoms with Gasteiger partial charge in [0, 0.05) is 6.42 Å². The number of carboxylic acids is 2. The van der Waals surface area contributed by atoms with Crippen molar-refractivity contribution in [1.29, 1.82) is 0 Å². The van der Waals surface area contributed by atoms with Crippen LogP contribution in [0.15, 0.2) is 0 Å². The third kappa shape index (κ3) is 53.1. The van der Waals surface area contributed by atoms with Gasteiger partial charge in [-0.2, -0.15) is 0 Å². The lowest BCUT2D eigenvalue weighted by Gasteiger charge is -2.15. The molecule has 0 radical (unpaired) electrons. The van der Waals surface area contributed by atoms with Crippen molar-refractivity contribution in [2.75, 3.05) is 6.61 Å². The quantitative estimate of drug-likeness (QED) is 0.0453. The van der Waals surface area contributed by atoms with Gasteiger partial charge in [-0.3, -0.25) is 9.59 Å². The predicted molar refractivity (Wildman–Crippen MR) is 265 cm³/mol. The molecule has 0 aliphatic rings. The smallest absolute Gasteiger partial charge is 0.306 e. The fourth-order valence-corrected chi connectivity index (χ4v) is 8.99. The summed E-state index contributed by atoms with van der Waals surface area (Å²) in [7, 11) is 0. The third-order valence-corrected chi connectivity index (χ3v) is 13.3. The number of carbonyl (C=O) groups is 2. The Morgan fingerprint density at radius 1 is 0.377 bits per heavy atom. The topological polar surface area (TPSA) is 115 Å². The highest BCUT2D eigenvalue weighted by Gasteiger charge is 2.20. The molecule has 366 valence electrons. The monoisotopic (exact) mass is 867 g/mol. The van der Waals surface area contributed by atoms with Crippen LogP contribution >= 0.6 is 0 Å². The summed E-state index contributed by atoms with van der Waals surface area (Å²) >= 11 is 0. The molecule has 61 heavy (non-hydrogen) atoms. The molecule has 6 heteroatoms. The van der Waals surface area contributed by atoms with E-state index in [-0.39, 0.29) is 13.0 Å². The number of rotatable bonds is 50. The lowest BCUT2D eigenvalue weighted by molar-refractivity contribution is -0.143. The van der Waals surface area contributed by atoms with Gasteiger partial charge in [0.15, 0.2) is 0 Å². The van der Waals surface area contributed by atoms with Gasteiger partial charge in [-0.05, 0) is 25.2 Å². The second kappa shape index (κ2) is 53.2. The highest BCUT2D eigenvalue weighted by molar-refractivity contribution is 5.69. The molecule has 0 aliphatic carbocycles. The van der Waals surface area contributed by atoms with Crippen LogP contribution in [0.2, 0.25) is 0 Å².